The van der Waals surface area contributed by atoms with E-state index in [2.05, 4.69) is 5.32 Å². The number of esters is 1. The zero-order valence-electron chi connectivity index (χ0n) is 5.22. The Labute approximate surface area is 60.2 Å². The van der Waals surface area contributed by atoms with Gasteiger partial charge in [-0.1, -0.05) is 0 Å². The summed E-state index contributed by atoms with van der Waals surface area (Å²) in [6.07, 6.45) is 0.146. The number of nitrogens with one attached hydrogen (secondary N) is 1. The van der Waals surface area contributed by atoms with E-state index < -0.39 is 0 Å². The molecule has 1 fully saturated rings. The first-order valence-corrected chi connectivity index (χ1v) is 2.67. The van der Waals surface area contributed by atoms with E-state index in [-0.39, 0.29) is 24.5 Å². The topological polar surface area (TPSA) is 38.3 Å². The minimum atomic E-state index is -0.184. The summed E-state index contributed by atoms with van der Waals surface area (Å²) in [5.74, 6) is -0.184. The molecule has 1 aliphatic heterocycles. The van der Waals surface area contributed by atoms with Crippen molar-refractivity contribution in [2.24, 2.45) is 0 Å². The number of halogens is 1. The summed E-state index contributed by atoms with van der Waals surface area (Å²) in [6, 6.07) is 0. The van der Waals surface area contributed by atoms with Crippen molar-refractivity contribution in [3.8, 4) is 0 Å². The summed E-state index contributed by atoms with van der Waals surface area (Å²) in [5, 5.41) is 2.99. The molecular formula is C5H10ClNO2. The van der Waals surface area contributed by atoms with E-state index in [1.807, 2.05) is 0 Å². The van der Waals surface area contributed by atoms with Crippen molar-refractivity contribution in [1.82, 2.24) is 5.32 Å². The average molecular weight is 152 g/mol. The molecule has 0 aromatic heterocycles. The van der Waals surface area contributed by atoms with Crippen LogP contribution in [0, 0.1) is 0 Å². The lowest BCUT2D eigenvalue weighted by Gasteiger charge is -2.25. The Hall–Kier alpha value is -0.280. The van der Waals surface area contributed by atoms with Crippen molar-refractivity contribution in [3.05, 3.63) is 0 Å². The van der Waals surface area contributed by atoms with E-state index in [0.717, 1.165) is 13.1 Å². The second kappa shape index (κ2) is 3.69. The monoisotopic (exact) mass is 151 g/mol. The smallest absolute Gasteiger partial charge is 0.302 e. The molecule has 0 saturated carbocycles. The van der Waals surface area contributed by atoms with Gasteiger partial charge in [0.2, 0.25) is 0 Å². The van der Waals surface area contributed by atoms with Gasteiger partial charge in [-0.15, -0.1) is 12.4 Å². The van der Waals surface area contributed by atoms with E-state index >= 15 is 0 Å². The van der Waals surface area contributed by atoms with Crippen LogP contribution in [-0.2, 0) is 9.53 Å². The van der Waals surface area contributed by atoms with Crippen LogP contribution in [0.4, 0.5) is 0 Å². The van der Waals surface area contributed by atoms with Crippen LogP contribution < -0.4 is 5.32 Å². The van der Waals surface area contributed by atoms with Crippen molar-refractivity contribution < 1.29 is 9.53 Å². The summed E-state index contributed by atoms with van der Waals surface area (Å²) in [6.45, 7) is 3.07. The molecular weight excluding hydrogens is 142 g/mol. The molecule has 1 heterocycles. The van der Waals surface area contributed by atoms with E-state index in [9.17, 15) is 4.79 Å². The molecule has 0 bridgehead atoms. The molecule has 0 aromatic carbocycles. The zero-order valence-corrected chi connectivity index (χ0v) is 6.03. The van der Waals surface area contributed by atoms with Crippen molar-refractivity contribution in [2.45, 2.75) is 13.0 Å². The largest absolute Gasteiger partial charge is 0.460 e. The van der Waals surface area contributed by atoms with Gasteiger partial charge in [0.25, 0.3) is 0 Å². The number of rotatable bonds is 1. The fourth-order valence-corrected chi connectivity index (χ4v) is 0.580. The first kappa shape index (κ1) is 8.72. The highest BCUT2D eigenvalue weighted by molar-refractivity contribution is 5.85. The van der Waals surface area contributed by atoms with Gasteiger partial charge in [-0.2, -0.15) is 0 Å². The molecule has 0 aromatic rings. The summed E-state index contributed by atoms with van der Waals surface area (Å²) in [7, 11) is 0. The van der Waals surface area contributed by atoms with Gasteiger partial charge in [-0.3, -0.25) is 4.79 Å². The van der Waals surface area contributed by atoms with E-state index in [4.69, 9.17) is 4.74 Å². The third kappa shape index (κ3) is 2.67. The molecule has 0 aliphatic carbocycles. The molecule has 9 heavy (non-hydrogen) atoms. The maximum Gasteiger partial charge on any atom is 0.302 e. The van der Waals surface area contributed by atoms with Crippen LogP contribution in [0.25, 0.3) is 0 Å². The third-order valence-corrected chi connectivity index (χ3v) is 1.08. The molecule has 1 saturated heterocycles. The molecule has 1 rings (SSSR count). The van der Waals surface area contributed by atoms with Crippen molar-refractivity contribution in [3.63, 3.8) is 0 Å². The predicted molar refractivity (Wildman–Crippen MR) is 35.7 cm³/mol. The van der Waals surface area contributed by atoms with Crippen LogP contribution in [0.15, 0.2) is 0 Å². The van der Waals surface area contributed by atoms with E-state index in [0.29, 0.717) is 0 Å². The van der Waals surface area contributed by atoms with Crippen LogP contribution in [0.1, 0.15) is 6.92 Å². The molecule has 0 radical (unpaired) electrons. The number of carbonyl (C=O) groups excluding carboxylic acids is 1. The van der Waals surface area contributed by atoms with Crippen LogP contribution >= 0.6 is 12.4 Å². The molecule has 54 valence electrons. The highest BCUT2D eigenvalue weighted by Crippen LogP contribution is 1.96. The second-order valence-corrected chi connectivity index (χ2v) is 1.89. The summed E-state index contributed by atoms with van der Waals surface area (Å²) >= 11 is 0. The second-order valence-electron chi connectivity index (χ2n) is 1.89. The predicted octanol–water partition coefficient (Wildman–Crippen LogP) is -0.0569. The van der Waals surface area contributed by atoms with Crippen molar-refractivity contribution in [2.75, 3.05) is 13.1 Å². The lowest BCUT2D eigenvalue weighted by atomic mass is 10.2. The van der Waals surface area contributed by atoms with Gasteiger partial charge < -0.3 is 10.1 Å². The number of hydrogen-bond donors (Lipinski definition) is 1. The Morgan fingerprint density at radius 2 is 2.22 bits per heavy atom. The Balaban J connectivity index is 0.000000640. The summed E-state index contributed by atoms with van der Waals surface area (Å²) < 4.78 is 4.78. The molecule has 1 aliphatic rings. The first-order chi connectivity index (χ1) is 3.79. The maximum atomic E-state index is 10.2. The van der Waals surface area contributed by atoms with E-state index in [1.54, 1.807) is 0 Å². The molecule has 4 heteroatoms. The summed E-state index contributed by atoms with van der Waals surface area (Å²) in [5.41, 5.74) is 0. The van der Waals surface area contributed by atoms with Gasteiger partial charge in [0.15, 0.2) is 0 Å². The van der Waals surface area contributed by atoms with Gasteiger partial charge in [0.05, 0.1) is 0 Å². The van der Waals surface area contributed by atoms with Crippen LogP contribution in [0.3, 0.4) is 0 Å². The lowest BCUT2D eigenvalue weighted by molar-refractivity contribution is -0.148. The maximum absolute atomic E-state index is 10.2. The molecule has 3 nitrogen and oxygen atoms in total. The Morgan fingerprint density at radius 3 is 2.33 bits per heavy atom. The average Bonchev–Trinajstić information content (AvgIpc) is 1.55. The third-order valence-electron chi connectivity index (χ3n) is 1.08. The molecule has 0 unspecified atom stereocenters. The Bertz CT molecular complexity index is 103. The van der Waals surface area contributed by atoms with Crippen molar-refractivity contribution in [1.29, 1.82) is 0 Å². The minimum Gasteiger partial charge on any atom is -0.460 e. The normalized spacial score (nSPS) is 17.4. The number of carbonyl (C=O) groups is 1. The van der Waals surface area contributed by atoms with Gasteiger partial charge in [0, 0.05) is 20.0 Å². The molecule has 0 spiro atoms. The number of hydrogen-bond acceptors (Lipinski definition) is 3. The Morgan fingerprint density at radius 1 is 1.67 bits per heavy atom. The first-order valence-electron chi connectivity index (χ1n) is 2.67. The molecule has 0 amide bonds. The van der Waals surface area contributed by atoms with Gasteiger partial charge in [-0.05, 0) is 0 Å². The van der Waals surface area contributed by atoms with Crippen LogP contribution in [0.2, 0.25) is 0 Å². The SMILES string of the molecule is CC(=O)OC1CNC1.Cl. The van der Waals surface area contributed by atoms with Gasteiger partial charge in [0.1, 0.15) is 6.10 Å². The fraction of sp³-hybridized carbons (Fsp3) is 0.800. The van der Waals surface area contributed by atoms with Gasteiger partial charge >= 0.3 is 5.97 Å². The highest BCUT2D eigenvalue weighted by atomic mass is 35.5. The minimum absolute atomic E-state index is 0. The standard InChI is InChI=1S/C5H9NO2.ClH/c1-4(7)8-5-2-6-3-5;/h5-6H,2-3H2,1H3;1H. The highest BCUT2D eigenvalue weighted by Gasteiger charge is 2.18. The summed E-state index contributed by atoms with van der Waals surface area (Å²) in [4.78, 5) is 10.2. The lowest BCUT2D eigenvalue weighted by Crippen LogP contribution is -2.49. The van der Waals surface area contributed by atoms with Crippen LogP contribution in [0.5, 0.6) is 0 Å². The zero-order chi connectivity index (χ0) is 5.98. The van der Waals surface area contributed by atoms with E-state index in [1.165, 1.54) is 6.92 Å². The fourth-order valence-electron chi connectivity index (χ4n) is 0.580. The Kier molecular flexibility index (Phi) is 3.58. The van der Waals surface area contributed by atoms with Gasteiger partial charge in [-0.25, -0.2) is 0 Å². The van der Waals surface area contributed by atoms with Crippen LogP contribution in [-0.4, -0.2) is 25.2 Å². The van der Waals surface area contributed by atoms with Crippen molar-refractivity contribution >= 4 is 18.4 Å². The number of ether oxygens (including phenoxy) is 1. The molecule has 0 atom stereocenters. The molecule has 1 N–H and O–H groups in total. The quantitative estimate of drug-likeness (QED) is 0.534.